The molecule has 1 rings (SSSR count). The summed E-state index contributed by atoms with van der Waals surface area (Å²) in [7, 11) is 0. The summed E-state index contributed by atoms with van der Waals surface area (Å²) in [5, 5.41) is 8.55. The number of alkyl halides is 3. The van der Waals surface area contributed by atoms with E-state index in [1.165, 1.54) is 12.1 Å². The first-order chi connectivity index (χ1) is 7.99. The molecule has 0 atom stereocenters. The van der Waals surface area contributed by atoms with Crippen LogP contribution in [0.25, 0.3) is 0 Å². The maximum absolute atomic E-state index is 12.5. The summed E-state index contributed by atoms with van der Waals surface area (Å²) >= 11 is 0. The third-order valence-corrected chi connectivity index (χ3v) is 2.17. The molecule has 0 aliphatic rings. The quantitative estimate of drug-likeness (QED) is 0.784. The molecule has 3 nitrogen and oxygen atoms in total. The molecule has 6 heteroatoms. The first-order valence-electron chi connectivity index (χ1n) is 5.13. The van der Waals surface area contributed by atoms with Gasteiger partial charge in [0.15, 0.2) is 0 Å². The van der Waals surface area contributed by atoms with Crippen molar-refractivity contribution in [2.45, 2.75) is 19.1 Å². The van der Waals surface area contributed by atoms with Gasteiger partial charge in [-0.2, -0.15) is 13.2 Å². The fourth-order valence-electron chi connectivity index (χ4n) is 1.36. The highest BCUT2D eigenvalue weighted by molar-refractivity contribution is 5.37. The molecule has 0 aromatic heterocycles. The number of benzene rings is 1. The fourth-order valence-corrected chi connectivity index (χ4v) is 1.36. The molecule has 17 heavy (non-hydrogen) atoms. The highest BCUT2D eigenvalue weighted by atomic mass is 19.4. The first kappa shape index (κ1) is 13.8. The molecule has 0 saturated carbocycles. The van der Waals surface area contributed by atoms with Crippen LogP contribution in [0, 0.1) is 0 Å². The van der Waals surface area contributed by atoms with Gasteiger partial charge >= 0.3 is 6.18 Å². The van der Waals surface area contributed by atoms with E-state index >= 15 is 0 Å². The number of hydrogen-bond donors (Lipinski definition) is 2. The minimum absolute atomic E-state index is 0.000927. The molecule has 0 spiro atoms. The lowest BCUT2D eigenvalue weighted by molar-refractivity contribution is -0.138. The van der Waals surface area contributed by atoms with Crippen LogP contribution in [0.4, 0.5) is 13.2 Å². The SMILES string of the molecule is NCc1cc(OCCCO)ccc1C(F)(F)F. The average molecular weight is 249 g/mol. The Labute approximate surface area is 97.0 Å². The van der Waals surface area contributed by atoms with E-state index in [0.717, 1.165) is 6.07 Å². The largest absolute Gasteiger partial charge is 0.493 e. The summed E-state index contributed by atoms with van der Waals surface area (Å²) in [6, 6.07) is 3.48. The lowest BCUT2D eigenvalue weighted by atomic mass is 10.1. The monoisotopic (exact) mass is 249 g/mol. The van der Waals surface area contributed by atoms with Crippen molar-refractivity contribution in [1.29, 1.82) is 0 Å². The topological polar surface area (TPSA) is 55.5 Å². The zero-order valence-corrected chi connectivity index (χ0v) is 9.13. The summed E-state index contributed by atoms with van der Waals surface area (Å²) in [5.41, 5.74) is 4.53. The van der Waals surface area contributed by atoms with Crippen molar-refractivity contribution in [3.05, 3.63) is 29.3 Å². The number of rotatable bonds is 5. The van der Waals surface area contributed by atoms with Crippen LogP contribution in [0.2, 0.25) is 0 Å². The Bertz CT molecular complexity index is 366. The van der Waals surface area contributed by atoms with Crippen LogP contribution in [0.3, 0.4) is 0 Å². The highest BCUT2D eigenvalue weighted by Gasteiger charge is 2.32. The van der Waals surface area contributed by atoms with Crippen LogP contribution in [-0.2, 0) is 12.7 Å². The Morgan fingerprint density at radius 1 is 1.29 bits per heavy atom. The molecular formula is C11H14F3NO2. The van der Waals surface area contributed by atoms with Crippen molar-refractivity contribution in [3.8, 4) is 5.75 Å². The van der Waals surface area contributed by atoms with Gasteiger partial charge in [0.05, 0.1) is 12.2 Å². The Balaban J connectivity index is 2.85. The maximum Gasteiger partial charge on any atom is 0.416 e. The Morgan fingerprint density at radius 3 is 2.53 bits per heavy atom. The molecule has 96 valence electrons. The fraction of sp³-hybridized carbons (Fsp3) is 0.455. The summed E-state index contributed by atoms with van der Waals surface area (Å²) < 4.78 is 42.8. The summed E-state index contributed by atoms with van der Waals surface area (Å²) in [6.45, 7) is 0.0301. The predicted molar refractivity (Wildman–Crippen MR) is 56.5 cm³/mol. The van der Waals surface area contributed by atoms with E-state index < -0.39 is 11.7 Å². The lowest BCUT2D eigenvalue weighted by Crippen LogP contribution is -2.12. The molecule has 0 aliphatic heterocycles. The summed E-state index contributed by atoms with van der Waals surface area (Å²) in [4.78, 5) is 0. The Hall–Kier alpha value is -1.27. The van der Waals surface area contributed by atoms with Gasteiger partial charge in [0, 0.05) is 19.6 Å². The van der Waals surface area contributed by atoms with Crippen molar-refractivity contribution < 1.29 is 23.0 Å². The zero-order valence-electron chi connectivity index (χ0n) is 9.13. The molecule has 0 radical (unpaired) electrons. The highest BCUT2D eigenvalue weighted by Crippen LogP contribution is 2.33. The van der Waals surface area contributed by atoms with Crippen LogP contribution in [0.5, 0.6) is 5.75 Å². The molecule has 1 aromatic rings. The molecule has 1 aromatic carbocycles. The van der Waals surface area contributed by atoms with Crippen molar-refractivity contribution >= 4 is 0 Å². The minimum atomic E-state index is -4.40. The number of nitrogens with two attached hydrogens (primary N) is 1. The first-order valence-corrected chi connectivity index (χ1v) is 5.13. The van der Waals surface area contributed by atoms with Crippen LogP contribution >= 0.6 is 0 Å². The molecule has 0 amide bonds. The van der Waals surface area contributed by atoms with Gasteiger partial charge in [0.1, 0.15) is 5.75 Å². The summed E-state index contributed by atoms with van der Waals surface area (Å²) in [6.07, 6.45) is -3.97. The van der Waals surface area contributed by atoms with E-state index in [-0.39, 0.29) is 25.3 Å². The average Bonchev–Trinajstić information content (AvgIpc) is 2.28. The lowest BCUT2D eigenvalue weighted by Gasteiger charge is -2.13. The van der Waals surface area contributed by atoms with E-state index in [0.29, 0.717) is 12.2 Å². The second kappa shape index (κ2) is 5.88. The molecule has 0 heterocycles. The van der Waals surface area contributed by atoms with Gasteiger partial charge in [0.2, 0.25) is 0 Å². The van der Waals surface area contributed by atoms with Gasteiger partial charge in [-0.05, 0) is 23.8 Å². The number of aliphatic hydroxyl groups excluding tert-OH is 1. The van der Waals surface area contributed by atoms with E-state index in [2.05, 4.69) is 0 Å². The maximum atomic E-state index is 12.5. The van der Waals surface area contributed by atoms with E-state index in [4.69, 9.17) is 15.6 Å². The summed E-state index contributed by atoms with van der Waals surface area (Å²) in [5.74, 6) is 0.326. The number of aliphatic hydroxyl groups is 1. The molecule has 0 fully saturated rings. The smallest absolute Gasteiger partial charge is 0.416 e. The molecule has 3 N–H and O–H groups in total. The molecule has 0 aliphatic carbocycles. The van der Waals surface area contributed by atoms with Gasteiger partial charge in [0.25, 0.3) is 0 Å². The van der Waals surface area contributed by atoms with E-state index in [9.17, 15) is 13.2 Å². The van der Waals surface area contributed by atoms with Crippen LogP contribution in [-0.4, -0.2) is 18.3 Å². The zero-order chi connectivity index (χ0) is 12.9. The van der Waals surface area contributed by atoms with Crippen molar-refractivity contribution in [3.63, 3.8) is 0 Å². The van der Waals surface area contributed by atoms with Gasteiger partial charge < -0.3 is 15.6 Å². The van der Waals surface area contributed by atoms with Crippen molar-refractivity contribution in [1.82, 2.24) is 0 Å². The van der Waals surface area contributed by atoms with Crippen LogP contribution < -0.4 is 10.5 Å². The van der Waals surface area contributed by atoms with Gasteiger partial charge in [-0.25, -0.2) is 0 Å². The molecule has 0 unspecified atom stereocenters. The normalized spacial score (nSPS) is 11.6. The third-order valence-electron chi connectivity index (χ3n) is 2.17. The number of halogens is 3. The Kier molecular flexibility index (Phi) is 4.77. The van der Waals surface area contributed by atoms with Crippen LogP contribution in [0.15, 0.2) is 18.2 Å². The van der Waals surface area contributed by atoms with Gasteiger partial charge in [-0.3, -0.25) is 0 Å². The van der Waals surface area contributed by atoms with Gasteiger partial charge in [-0.15, -0.1) is 0 Å². The van der Waals surface area contributed by atoms with Crippen molar-refractivity contribution in [2.24, 2.45) is 5.73 Å². The number of hydrogen-bond acceptors (Lipinski definition) is 3. The standard InChI is InChI=1S/C11H14F3NO2/c12-11(13,14)10-3-2-9(6-8(10)7-15)17-5-1-4-16/h2-3,6,16H,1,4-5,7,15H2. The van der Waals surface area contributed by atoms with Crippen LogP contribution in [0.1, 0.15) is 17.5 Å². The molecular weight excluding hydrogens is 235 g/mol. The Morgan fingerprint density at radius 2 is 2.00 bits per heavy atom. The minimum Gasteiger partial charge on any atom is -0.493 e. The predicted octanol–water partition coefficient (Wildman–Crippen LogP) is 1.93. The number of ether oxygens (including phenoxy) is 1. The third kappa shape index (κ3) is 3.90. The molecule has 0 bridgehead atoms. The van der Waals surface area contributed by atoms with Crippen molar-refractivity contribution in [2.75, 3.05) is 13.2 Å². The second-order valence-electron chi connectivity index (χ2n) is 3.45. The molecule has 0 saturated heterocycles. The second-order valence-corrected chi connectivity index (χ2v) is 3.45. The van der Waals surface area contributed by atoms with Gasteiger partial charge in [-0.1, -0.05) is 0 Å². The van der Waals surface area contributed by atoms with E-state index in [1.54, 1.807) is 0 Å². The van der Waals surface area contributed by atoms with E-state index in [1.807, 2.05) is 0 Å².